The van der Waals surface area contributed by atoms with Gasteiger partial charge in [0.05, 0.1) is 19.9 Å². The van der Waals surface area contributed by atoms with Gasteiger partial charge in [0.1, 0.15) is 15.2 Å². The first-order valence-electron chi connectivity index (χ1n) is 8.77. The summed E-state index contributed by atoms with van der Waals surface area (Å²) in [5.41, 5.74) is -0.755. The maximum atomic E-state index is 14.0. The number of ether oxygens (including phenoxy) is 1. The fourth-order valence-electron chi connectivity index (χ4n) is 2.63. The van der Waals surface area contributed by atoms with Crippen molar-refractivity contribution >= 4 is 70.5 Å². The van der Waals surface area contributed by atoms with Crippen LogP contribution in [-0.2, 0) is 9.48 Å². The lowest BCUT2D eigenvalue weighted by atomic mass is 9.91. The van der Waals surface area contributed by atoms with Crippen molar-refractivity contribution in [2.75, 3.05) is 0 Å². The van der Waals surface area contributed by atoms with E-state index in [1.807, 2.05) is 0 Å². The summed E-state index contributed by atoms with van der Waals surface area (Å²) in [5, 5.41) is -0.496. The average Bonchev–Trinajstić information content (AvgIpc) is 2.98. The van der Waals surface area contributed by atoms with Crippen molar-refractivity contribution in [2.45, 2.75) is 50.6 Å². The molecule has 0 saturated heterocycles. The van der Waals surface area contributed by atoms with Gasteiger partial charge in [-0.15, -0.1) is 11.3 Å². The molecule has 1 atom stereocenters. The molecule has 0 spiro atoms. The molecule has 11 heteroatoms. The van der Waals surface area contributed by atoms with E-state index in [1.165, 1.54) is 6.07 Å². The van der Waals surface area contributed by atoms with Gasteiger partial charge in [-0.05, 0) is 57.0 Å². The maximum Gasteiger partial charge on any atom is 0.407 e. The molecule has 1 aromatic heterocycles. The lowest BCUT2D eigenvalue weighted by Gasteiger charge is -2.31. The predicted molar refractivity (Wildman–Crippen MR) is 121 cm³/mol. The zero-order chi connectivity index (χ0) is 23.9. The molecular weight excluding hydrogens is 516 g/mol. The second-order valence-electron chi connectivity index (χ2n) is 7.84. The highest BCUT2D eigenvalue weighted by Crippen LogP contribution is 2.50. The Labute approximate surface area is 202 Å². The fraction of sp³-hybridized carbons (Fsp3) is 0.400. The lowest BCUT2D eigenvalue weighted by molar-refractivity contribution is -0.160. The van der Waals surface area contributed by atoms with E-state index in [9.17, 15) is 22.8 Å². The number of thiophene rings is 1. The highest BCUT2D eigenvalue weighted by molar-refractivity contribution is 7.81. The molecule has 1 aromatic carbocycles. The molecule has 0 aliphatic carbocycles. The molecule has 31 heavy (non-hydrogen) atoms. The highest BCUT2D eigenvalue weighted by Gasteiger charge is 2.55. The van der Waals surface area contributed by atoms with E-state index in [0.29, 0.717) is 5.56 Å². The third-order valence-electron chi connectivity index (χ3n) is 4.12. The normalized spacial score (nSPS) is 14.3. The first-order chi connectivity index (χ1) is 14.0. The van der Waals surface area contributed by atoms with E-state index in [2.05, 4.69) is 12.6 Å². The Morgan fingerprint density at radius 1 is 1.06 bits per heavy atom. The Morgan fingerprint density at radius 2 is 1.58 bits per heavy atom. The molecule has 3 nitrogen and oxygen atoms in total. The summed E-state index contributed by atoms with van der Waals surface area (Å²) in [6, 6.07) is 3.32. The van der Waals surface area contributed by atoms with E-state index in [1.54, 1.807) is 27.7 Å². The molecule has 0 aliphatic rings. The van der Waals surface area contributed by atoms with E-state index in [0.717, 1.165) is 23.5 Å². The molecule has 2 aromatic rings. The Morgan fingerprint density at radius 3 is 2.03 bits per heavy atom. The largest absolute Gasteiger partial charge is 0.456 e. The van der Waals surface area contributed by atoms with Crippen LogP contribution in [0.25, 0.3) is 0 Å². The van der Waals surface area contributed by atoms with Gasteiger partial charge in [-0.1, -0.05) is 34.8 Å². The smallest absolute Gasteiger partial charge is 0.407 e. The summed E-state index contributed by atoms with van der Waals surface area (Å²) in [7, 11) is 0. The van der Waals surface area contributed by atoms with Crippen LogP contribution in [0.4, 0.5) is 13.2 Å². The number of aryl methyl sites for hydroxylation is 1. The summed E-state index contributed by atoms with van der Waals surface area (Å²) < 4.78 is 44.4. The molecule has 170 valence electrons. The minimum absolute atomic E-state index is 0.0211. The van der Waals surface area contributed by atoms with Crippen LogP contribution < -0.4 is 0 Å². The molecule has 1 heterocycles. The molecule has 0 fully saturated rings. The van der Waals surface area contributed by atoms with Crippen LogP contribution in [0.3, 0.4) is 0 Å². The van der Waals surface area contributed by atoms with Gasteiger partial charge in [-0.25, -0.2) is 4.79 Å². The Balaban J connectivity index is 2.43. The third-order valence-corrected chi connectivity index (χ3v) is 7.25. The number of hydrogen-bond acceptors (Lipinski definition) is 5. The van der Waals surface area contributed by atoms with Crippen molar-refractivity contribution in [3.05, 3.63) is 54.1 Å². The highest BCUT2D eigenvalue weighted by atomic mass is 35.5. The SMILES string of the molecule is Cc1cc(C(=O)CC(S)(c2cc(Cl)c(Cl)c(Cl)c2)C(F)(F)F)sc1C(=O)OC(C)(C)C. The molecule has 0 aliphatic heterocycles. The van der Waals surface area contributed by atoms with Crippen molar-refractivity contribution in [3.8, 4) is 0 Å². The zero-order valence-corrected chi connectivity index (χ0v) is 20.8. The van der Waals surface area contributed by atoms with Gasteiger partial charge < -0.3 is 4.74 Å². The number of hydrogen-bond donors (Lipinski definition) is 1. The number of alkyl halides is 3. The van der Waals surface area contributed by atoms with Gasteiger partial charge in [0.15, 0.2) is 5.78 Å². The maximum absolute atomic E-state index is 14.0. The van der Waals surface area contributed by atoms with E-state index < -0.39 is 40.3 Å². The van der Waals surface area contributed by atoms with E-state index in [-0.39, 0.29) is 24.8 Å². The summed E-state index contributed by atoms with van der Waals surface area (Å²) in [6.45, 7) is 6.62. The van der Waals surface area contributed by atoms with Crippen molar-refractivity contribution in [1.82, 2.24) is 0 Å². The second-order valence-corrected chi connectivity index (χ2v) is 10.8. The average molecular weight is 534 g/mol. The van der Waals surface area contributed by atoms with Gasteiger partial charge in [-0.3, -0.25) is 4.79 Å². The van der Waals surface area contributed by atoms with Crippen LogP contribution in [0.2, 0.25) is 15.1 Å². The number of ketones is 1. The number of esters is 1. The van der Waals surface area contributed by atoms with Crippen molar-refractivity contribution in [3.63, 3.8) is 0 Å². The Bertz CT molecular complexity index is 1010. The number of carbonyl (C=O) groups excluding carboxylic acids is 2. The topological polar surface area (TPSA) is 43.4 Å². The number of carbonyl (C=O) groups is 2. The first kappa shape index (κ1) is 26.3. The summed E-state index contributed by atoms with van der Waals surface area (Å²) in [6.07, 6.45) is -5.96. The van der Waals surface area contributed by atoms with Crippen molar-refractivity contribution in [2.24, 2.45) is 0 Å². The molecule has 0 saturated carbocycles. The number of halogens is 6. The Hall–Kier alpha value is -0.930. The van der Waals surface area contributed by atoms with Crippen molar-refractivity contribution in [1.29, 1.82) is 0 Å². The van der Waals surface area contributed by atoms with Crippen molar-refractivity contribution < 1.29 is 27.5 Å². The van der Waals surface area contributed by atoms with E-state index >= 15 is 0 Å². The quantitative estimate of drug-likeness (QED) is 0.184. The molecule has 0 bridgehead atoms. The molecule has 0 amide bonds. The fourth-order valence-corrected chi connectivity index (χ4v) is 4.48. The van der Waals surface area contributed by atoms with Gasteiger partial charge in [-0.2, -0.15) is 25.8 Å². The van der Waals surface area contributed by atoms with Crippen LogP contribution in [-0.4, -0.2) is 23.5 Å². The zero-order valence-electron chi connectivity index (χ0n) is 16.8. The standard InChI is InChI=1S/C20H18Cl3F3O3S2/c1-9-5-14(31-16(9)17(28)29-18(2,3)4)13(27)8-19(30,20(24,25)26)10-6-11(21)15(23)12(22)7-10/h5-7,30H,8H2,1-4H3. The number of Topliss-reactive ketones (excluding diaryl/α,β-unsaturated/α-hetero) is 1. The summed E-state index contributed by atoms with van der Waals surface area (Å²) in [5.74, 6) is -1.50. The Kier molecular flexibility index (Phi) is 7.76. The van der Waals surface area contributed by atoms with Crippen LogP contribution in [0.1, 0.15) is 57.7 Å². The number of thiol groups is 1. The monoisotopic (exact) mass is 532 g/mol. The van der Waals surface area contributed by atoms with Crippen LogP contribution in [0.15, 0.2) is 18.2 Å². The first-order valence-corrected chi connectivity index (χ1v) is 11.2. The summed E-state index contributed by atoms with van der Waals surface area (Å²) in [4.78, 5) is 25.3. The molecule has 0 N–H and O–H groups in total. The van der Waals surface area contributed by atoms with Crippen LogP contribution in [0, 0.1) is 6.92 Å². The van der Waals surface area contributed by atoms with Crippen LogP contribution >= 0.6 is 58.8 Å². The predicted octanol–water partition coefficient (Wildman–Crippen LogP) is 7.93. The molecule has 0 radical (unpaired) electrons. The van der Waals surface area contributed by atoms with Gasteiger partial charge in [0.25, 0.3) is 0 Å². The number of benzene rings is 1. The molecule has 1 unspecified atom stereocenters. The van der Waals surface area contributed by atoms with Crippen LogP contribution in [0.5, 0.6) is 0 Å². The lowest BCUT2D eigenvalue weighted by Crippen LogP contribution is -2.39. The third kappa shape index (κ3) is 5.90. The molecular formula is C20H18Cl3F3O3S2. The minimum atomic E-state index is -4.92. The minimum Gasteiger partial charge on any atom is -0.456 e. The molecule has 2 rings (SSSR count). The van der Waals surface area contributed by atoms with Gasteiger partial charge >= 0.3 is 12.1 Å². The number of rotatable bonds is 5. The van der Waals surface area contributed by atoms with E-state index in [4.69, 9.17) is 39.5 Å². The van der Waals surface area contributed by atoms with Gasteiger partial charge in [0.2, 0.25) is 0 Å². The summed E-state index contributed by atoms with van der Waals surface area (Å²) >= 11 is 22.2. The second kappa shape index (κ2) is 9.14. The van der Waals surface area contributed by atoms with Gasteiger partial charge in [0, 0.05) is 6.42 Å².